The zero-order valence-electron chi connectivity index (χ0n) is 12.9. The van der Waals surface area contributed by atoms with Crippen LogP contribution in [0.2, 0.25) is 0 Å². The summed E-state index contributed by atoms with van der Waals surface area (Å²) in [4.78, 5) is 27.6. The molecule has 0 aliphatic carbocycles. The highest BCUT2D eigenvalue weighted by Gasteiger charge is 2.27. The van der Waals surface area contributed by atoms with E-state index in [9.17, 15) is 14.0 Å². The van der Waals surface area contributed by atoms with Gasteiger partial charge in [0.05, 0.1) is 6.61 Å². The molecule has 0 bridgehead atoms. The maximum Gasteiger partial charge on any atom is 0.253 e. The molecule has 1 aliphatic heterocycles. The molecule has 0 aromatic heterocycles. The fourth-order valence-electron chi connectivity index (χ4n) is 2.39. The smallest absolute Gasteiger partial charge is 0.253 e. The molecule has 2 N–H and O–H groups in total. The van der Waals surface area contributed by atoms with Gasteiger partial charge in [-0.3, -0.25) is 9.59 Å². The number of halogens is 2. The van der Waals surface area contributed by atoms with Crippen LogP contribution in [-0.2, 0) is 9.53 Å². The number of carbonyl (C=O) groups is 2. The molecule has 128 valence electrons. The van der Waals surface area contributed by atoms with Gasteiger partial charge in [0.15, 0.2) is 0 Å². The van der Waals surface area contributed by atoms with Crippen LogP contribution in [-0.4, -0.2) is 67.6 Å². The third-order valence-corrected chi connectivity index (χ3v) is 3.63. The number of amides is 2. The van der Waals surface area contributed by atoms with Crippen molar-refractivity contribution in [3.8, 4) is 0 Å². The van der Waals surface area contributed by atoms with E-state index in [4.69, 9.17) is 10.5 Å². The first-order valence-corrected chi connectivity index (χ1v) is 7.11. The first-order valence-electron chi connectivity index (χ1n) is 7.11. The quantitative estimate of drug-likeness (QED) is 0.862. The van der Waals surface area contributed by atoms with Gasteiger partial charge in [0, 0.05) is 38.9 Å². The molecule has 1 unspecified atom stereocenters. The Labute approximate surface area is 140 Å². The predicted octanol–water partition coefficient (Wildman–Crippen LogP) is 0.506. The summed E-state index contributed by atoms with van der Waals surface area (Å²) in [5.74, 6) is -0.705. The van der Waals surface area contributed by atoms with Crippen LogP contribution in [0, 0.1) is 5.82 Å². The van der Waals surface area contributed by atoms with Gasteiger partial charge in [-0.2, -0.15) is 0 Å². The third-order valence-electron chi connectivity index (χ3n) is 3.63. The molecule has 1 saturated heterocycles. The summed E-state index contributed by atoms with van der Waals surface area (Å²) >= 11 is 0. The molecule has 6 nitrogen and oxygen atoms in total. The molecule has 23 heavy (non-hydrogen) atoms. The summed E-state index contributed by atoms with van der Waals surface area (Å²) in [7, 11) is 1.49. The number of nitrogens with two attached hydrogens (primary N) is 1. The number of methoxy groups -OCH3 is 1. The van der Waals surface area contributed by atoms with E-state index in [1.54, 1.807) is 9.80 Å². The second-order valence-corrected chi connectivity index (χ2v) is 5.19. The number of piperazine rings is 1. The first-order chi connectivity index (χ1) is 10.5. The summed E-state index contributed by atoms with van der Waals surface area (Å²) in [6.07, 6.45) is 0. The van der Waals surface area contributed by atoms with Gasteiger partial charge in [-0.25, -0.2) is 4.39 Å². The van der Waals surface area contributed by atoms with Crippen molar-refractivity contribution in [1.29, 1.82) is 0 Å². The van der Waals surface area contributed by atoms with Crippen LogP contribution in [0.3, 0.4) is 0 Å². The molecule has 2 rings (SSSR count). The fraction of sp³-hybridized carbons (Fsp3) is 0.467. The second-order valence-electron chi connectivity index (χ2n) is 5.19. The van der Waals surface area contributed by atoms with Gasteiger partial charge in [0.2, 0.25) is 5.91 Å². The Bertz CT molecular complexity index is 533. The normalized spacial score (nSPS) is 15.8. The van der Waals surface area contributed by atoms with Crippen molar-refractivity contribution >= 4 is 24.2 Å². The average molecular weight is 346 g/mol. The molecule has 1 aliphatic rings. The van der Waals surface area contributed by atoms with E-state index < -0.39 is 6.04 Å². The first kappa shape index (κ1) is 19.3. The van der Waals surface area contributed by atoms with Crippen LogP contribution < -0.4 is 5.73 Å². The summed E-state index contributed by atoms with van der Waals surface area (Å²) in [5, 5.41) is 0. The van der Waals surface area contributed by atoms with Gasteiger partial charge in [-0.15, -0.1) is 12.4 Å². The van der Waals surface area contributed by atoms with Crippen LogP contribution in [0.25, 0.3) is 0 Å². The Hall–Kier alpha value is -1.70. The maximum absolute atomic E-state index is 12.9. The summed E-state index contributed by atoms with van der Waals surface area (Å²) < 4.78 is 17.8. The Morgan fingerprint density at radius 2 is 1.70 bits per heavy atom. The Morgan fingerprint density at radius 1 is 1.17 bits per heavy atom. The van der Waals surface area contributed by atoms with Crippen LogP contribution in [0.1, 0.15) is 10.4 Å². The van der Waals surface area contributed by atoms with Crippen LogP contribution >= 0.6 is 12.4 Å². The topological polar surface area (TPSA) is 75.9 Å². The van der Waals surface area contributed by atoms with Gasteiger partial charge < -0.3 is 20.3 Å². The maximum atomic E-state index is 12.9. The van der Waals surface area contributed by atoms with E-state index in [0.29, 0.717) is 31.7 Å². The Morgan fingerprint density at radius 3 is 2.22 bits per heavy atom. The molecule has 0 spiro atoms. The predicted molar refractivity (Wildman–Crippen MR) is 86.0 cm³/mol. The monoisotopic (exact) mass is 345 g/mol. The summed E-state index contributed by atoms with van der Waals surface area (Å²) in [6, 6.07) is 4.77. The van der Waals surface area contributed by atoms with Crippen molar-refractivity contribution in [2.24, 2.45) is 5.73 Å². The number of benzene rings is 1. The average Bonchev–Trinajstić information content (AvgIpc) is 2.54. The third kappa shape index (κ3) is 4.89. The van der Waals surface area contributed by atoms with E-state index in [1.807, 2.05) is 0 Å². The largest absolute Gasteiger partial charge is 0.383 e. The van der Waals surface area contributed by atoms with Gasteiger partial charge in [-0.05, 0) is 24.3 Å². The highest BCUT2D eigenvalue weighted by atomic mass is 35.5. The number of ether oxygens (including phenoxy) is 1. The van der Waals surface area contributed by atoms with E-state index in [1.165, 1.54) is 31.4 Å². The van der Waals surface area contributed by atoms with Crippen molar-refractivity contribution in [3.05, 3.63) is 35.6 Å². The van der Waals surface area contributed by atoms with Crippen molar-refractivity contribution in [2.45, 2.75) is 6.04 Å². The standard InChI is InChI=1S/C15H20FN3O3.ClH/c1-22-10-13(17)15(21)19-8-6-18(7-9-19)14(20)11-2-4-12(16)5-3-11;/h2-5,13H,6-10,17H2,1H3;1H. The van der Waals surface area contributed by atoms with Crippen molar-refractivity contribution in [1.82, 2.24) is 9.80 Å². The van der Waals surface area contributed by atoms with Crippen molar-refractivity contribution in [2.75, 3.05) is 39.9 Å². The van der Waals surface area contributed by atoms with E-state index in [-0.39, 0.29) is 36.6 Å². The summed E-state index contributed by atoms with van der Waals surface area (Å²) in [5.41, 5.74) is 6.17. The van der Waals surface area contributed by atoms with Crippen LogP contribution in [0.4, 0.5) is 4.39 Å². The number of nitrogens with zero attached hydrogens (tertiary/aromatic N) is 2. The number of rotatable bonds is 4. The lowest BCUT2D eigenvalue weighted by molar-refractivity contribution is -0.135. The molecule has 1 fully saturated rings. The molecule has 8 heteroatoms. The minimum atomic E-state index is -0.677. The molecule has 1 atom stereocenters. The van der Waals surface area contributed by atoms with Crippen molar-refractivity contribution in [3.63, 3.8) is 0 Å². The molecule has 2 amide bonds. The lowest BCUT2D eigenvalue weighted by Gasteiger charge is -2.35. The van der Waals surface area contributed by atoms with Crippen LogP contribution in [0.5, 0.6) is 0 Å². The van der Waals surface area contributed by atoms with E-state index in [2.05, 4.69) is 0 Å². The minimum absolute atomic E-state index is 0. The van der Waals surface area contributed by atoms with E-state index in [0.717, 1.165) is 0 Å². The van der Waals surface area contributed by atoms with Gasteiger partial charge in [0.25, 0.3) is 5.91 Å². The number of hydrogen-bond acceptors (Lipinski definition) is 4. The summed E-state index contributed by atoms with van der Waals surface area (Å²) in [6.45, 7) is 1.91. The zero-order valence-corrected chi connectivity index (χ0v) is 13.7. The van der Waals surface area contributed by atoms with Crippen LogP contribution in [0.15, 0.2) is 24.3 Å². The van der Waals surface area contributed by atoms with E-state index >= 15 is 0 Å². The SMILES string of the molecule is COCC(N)C(=O)N1CCN(C(=O)c2ccc(F)cc2)CC1.Cl. The highest BCUT2D eigenvalue weighted by Crippen LogP contribution is 2.10. The van der Waals surface area contributed by atoms with Gasteiger partial charge >= 0.3 is 0 Å². The second kappa shape index (κ2) is 8.81. The molecule has 0 saturated carbocycles. The zero-order chi connectivity index (χ0) is 16.1. The van der Waals surface area contributed by atoms with Crippen molar-refractivity contribution < 1.29 is 18.7 Å². The highest BCUT2D eigenvalue weighted by molar-refractivity contribution is 5.94. The molecular formula is C15H21ClFN3O3. The van der Waals surface area contributed by atoms with Gasteiger partial charge in [0.1, 0.15) is 11.9 Å². The Balaban J connectivity index is 0.00000264. The fourth-order valence-corrected chi connectivity index (χ4v) is 2.39. The molecule has 1 heterocycles. The van der Waals surface area contributed by atoms with Gasteiger partial charge in [-0.1, -0.05) is 0 Å². The lowest BCUT2D eigenvalue weighted by atomic mass is 10.1. The minimum Gasteiger partial charge on any atom is -0.383 e. The lowest BCUT2D eigenvalue weighted by Crippen LogP contribution is -2.55. The molecule has 0 radical (unpaired) electrons. The molecule has 1 aromatic rings. The Kier molecular flexibility index (Phi) is 7.41. The number of carbonyl (C=O) groups excluding carboxylic acids is 2. The molecule has 1 aromatic carbocycles. The molecular weight excluding hydrogens is 325 g/mol. The number of hydrogen-bond donors (Lipinski definition) is 1.